The van der Waals surface area contributed by atoms with E-state index >= 15 is 0 Å². The Morgan fingerprint density at radius 2 is 2.16 bits per heavy atom. The molecular weight excluding hydrogens is 266 g/mol. The van der Waals surface area contributed by atoms with Gasteiger partial charge in [0.05, 0.1) is 0 Å². The number of carbonyl (C=O) groups is 2. The number of carboxylic acid groups (broad SMARTS) is 1. The topological polar surface area (TPSA) is 66.4 Å². The van der Waals surface area contributed by atoms with Gasteiger partial charge in [0.1, 0.15) is 6.04 Å². The quantitative estimate of drug-likeness (QED) is 0.816. The lowest BCUT2D eigenvalue weighted by Gasteiger charge is -2.13. The van der Waals surface area contributed by atoms with Crippen LogP contribution in [0.2, 0.25) is 5.02 Å². The van der Waals surface area contributed by atoms with Gasteiger partial charge in [-0.3, -0.25) is 4.79 Å². The molecule has 0 bridgehead atoms. The van der Waals surface area contributed by atoms with Crippen molar-refractivity contribution in [2.45, 2.75) is 26.3 Å². The molecule has 0 heterocycles. The molecule has 0 aromatic heterocycles. The van der Waals surface area contributed by atoms with Crippen molar-refractivity contribution in [3.05, 3.63) is 46.5 Å². The molecule has 1 aromatic carbocycles. The summed E-state index contributed by atoms with van der Waals surface area (Å²) in [5.74, 6) is -1.51. The summed E-state index contributed by atoms with van der Waals surface area (Å²) in [6.07, 6.45) is 3.68. The van der Waals surface area contributed by atoms with E-state index in [-0.39, 0.29) is 6.42 Å². The summed E-state index contributed by atoms with van der Waals surface area (Å²) in [6.45, 7) is 3.62. The summed E-state index contributed by atoms with van der Waals surface area (Å²) in [5, 5.41) is 12.0. The van der Waals surface area contributed by atoms with Gasteiger partial charge in [-0.2, -0.15) is 0 Å². The molecule has 1 rings (SSSR count). The van der Waals surface area contributed by atoms with Crippen LogP contribution in [0.25, 0.3) is 0 Å². The summed E-state index contributed by atoms with van der Waals surface area (Å²) in [6, 6.07) is 3.93. The fourth-order valence-corrected chi connectivity index (χ4v) is 1.65. The van der Waals surface area contributed by atoms with Crippen LogP contribution in [0.4, 0.5) is 0 Å². The predicted molar refractivity (Wildman–Crippen MR) is 74.5 cm³/mol. The first-order valence-electron chi connectivity index (χ1n) is 5.86. The van der Waals surface area contributed by atoms with Crippen LogP contribution in [0.1, 0.15) is 29.3 Å². The second-order valence-corrected chi connectivity index (χ2v) is 4.54. The first-order chi connectivity index (χ1) is 8.95. The number of carboxylic acids is 1. The van der Waals surface area contributed by atoms with E-state index in [1.165, 1.54) is 6.07 Å². The molecule has 0 aliphatic rings. The molecule has 102 valence electrons. The van der Waals surface area contributed by atoms with Gasteiger partial charge in [0.15, 0.2) is 0 Å². The average molecular weight is 282 g/mol. The molecule has 1 aromatic rings. The van der Waals surface area contributed by atoms with Crippen molar-refractivity contribution < 1.29 is 14.7 Å². The summed E-state index contributed by atoms with van der Waals surface area (Å²) >= 11 is 5.93. The van der Waals surface area contributed by atoms with Gasteiger partial charge in [0.25, 0.3) is 5.91 Å². The highest BCUT2D eigenvalue weighted by Gasteiger charge is 2.19. The van der Waals surface area contributed by atoms with Crippen LogP contribution in [-0.4, -0.2) is 23.0 Å². The molecule has 0 saturated carbocycles. The Kier molecular flexibility index (Phi) is 5.57. The number of carbonyl (C=O) groups excluding carboxylic acids is 1. The van der Waals surface area contributed by atoms with Crippen LogP contribution >= 0.6 is 11.6 Å². The Hall–Kier alpha value is -1.81. The standard InChI is InChI=1S/C14H16ClNO3/c1-3-4-5-12(14(18)19)16-13(17)10-7-6-9(2)11(15)8-10/h3-4,6-8,12H,5H2,1-2H3,(H,16,17)(H,18,19)/b4-3+. The van der Waals surface area contributed by atoms with E-state index < -0.39 is 17.9 Å². The Morgan fingerprint density at radius 3 is 2.68 bits per heavy atom. The monoisotopic (exact) mass is 281 g/mol. The number of benzene rings is 1. The highest BCUT2D eigenvalue weighted by atomic mass is 35.5. The van der Waals surface area contributed by atoms with Gasteiger partial charge in [0, 0.05) is 10.6 Å². The van der Waals surface area contributed by atoms with Crippen molar-refractivity contribution in [3.8, 4) is 0 Å². The first kappa shape index (κ1) is 15.2. The van der Waals surface area contributed by atoms with Crippen molar-refractivity contribution in [2.24, 2.45) is 0 Å². The van der Waals surface area contributed by atoms with Gasteiger partial charge in [0.2, 0.25) is 0 Å². The van der Waals surface area contributed by atoms with Gasteiger partial charge in [-0.15, -0.1) is 0 Å². The number of allylic oxidation sites excluding steroid dienone is 1. The smallest absolute Gasteiger partial charge is 0.326 e. The molecule has 0 saturated heterocycles. The van der Waals surface area contributed by atoms with E-state index in [9.17, 15) is 9.59 Å². The summed E-state index contributed by atoms with van der Waals surface area (Å²) in [4.78, 5) is 22.9. The van der Waals surface area contributed by atoms with E-state index in [0.29, 0.717) is 10.6 Å². The zero-order valence-electron chi connectivity index (χ0n) is 10.8. The number of nitrogens with one attached hydrogen (secondary N) is 1. The number of aryl methyl sites for hydroxylation is 1. The lowest BCUT2D eigenvalue weighted by atomic mass is 10.1. The zero-order valence-corrected chi connectivity index (χ0v) is 11.6. The maximum atomic E-state index is 11.9. The number of aliphatic carboxylic acids is 1. The molecule has 0 fully saturated rings. The summed E-state index contributed by atoms with van der Waals surface area (Å²) < 4.78 is 0. The molecule has 4 nitrogen and oxygen atoms in total. The normalized spacial score (nSPS) is 12.4. The Balaban J connectivity index is 2.81. The molecule has 0 aliphatic carbocycles. The van der Waals surface area contributed by atoms with Crippen LogP contribution in [0, 0.1) is 6.92 Å². The fourth-order valence-electron chi connectivity index (χ4n) is 1.47. The van der Waals surface area contributed by atoms with Crippen LogP contribution < -0.4 is 5.32 Å². The van der Waals surface area contributed by atoms with E-state index in [2.05, 4.69) is 5.32 Å². The first-order valence-corrected chi connectivity index (χ1v) is 6.24. The molecule has 0 aliphatic heterocycles. The third-order valence-electron chi connectivity index (χ3n) is 2.64. The van der Waals surface area contributed by atoms with Crippen molar-refractivity contribution in [2.75, 3.05) is 0 Å². The third-order valence-corrected chi connectivity index (χ3v) is 3.05. The fraction of sp³-hybridized carbons (Fsp3) is 0.286. The molecule has 0 spiro atoms. The number of halogens is 1. The third kappa shape index (κ3) is 4.41. The number of hydrogen-bond acceptors (Lipinski definition) is 2. The number of amides is 1. The minimum atomic E-state index is -1.07. The van der Waals surface area contributed by atoms with Gasteiger partial charge in [-0.25, -0.2) is 4.79 Å². The molecule has 0 radical (unpaired) electrons. The van der Waals surface area contributed by atoms with Crippen molar-refractivity contribution in [1.29, 1.82) is 0 Å². The summed E-state index contributed by atoms with van der Waals surface area (Å²) in [7, 11) is 0. The Bertz CT molecular complexity index is 511. The minimum Gasteiger partial charge on any atom is -0.480 e. The van der Waals surface area contributed by atoms with Gasteiger partial charge >= 0.3 is 5.97 Å². The molecule has 1 amide bonds. The highest BCUT2D eigenvalue weighted by Crippen LogP contribution is 2.16. The van der Waals surface area contributed by atoms with Gasteiger partial charge in [-0.1, -0.05) is 29.8 Å². The second-order valence-electron chi connectivity index (χ2n) is 4.13. The second kappa shape index (κ2) is 6.95. The largest absolute Gasteiger partial charge is 0.480 e. The zero-order chi connectivity index (χ0) is 14.4. The molecule has 5 heteroatoms. The van der Waals surface area contributed by atoms with E-state index in [0.717, 1.165) is 5.56 Å². The number of hydrogen-bond donors (Lipinski definition) is 2. The van der Waals surface area contributed by atoms with E-state index in [4.69, 9.17) is 16.7 Å². The molecule has 2 N–H and O–H groups in total. The lowest BCUT2D eigenvalue weighted by Crippen LogP contribution is -2.40. The van der Waals surface area contributed by atoms with Crippen LogP contribution in [0.5, 0.6) is 0 Å². The van der Waals surface area contributed by atoms with Crippen LogP contribution in [0.3, 0.4) is 0 Å². The Morgan fingerprint density at radius 1 is 1.47 bits per heavy atom. The number of rotatable bonds is 5. The lowest BCUT2D eigenvalue weighted by molar-refractivity contribution is -0.139. The predicted octanol–water partition coefficient (Wildman–Crippen LogP) is 2.80. The van der Waals surface area contributed by atoms with Crippen molar-refractivity contribution in [1.82, 2.24) is 5.32 Å². The minimum absolute atomic E-state index is 0.247. The SMILES string of the molecule is C/C=C/CC(NC(=O)c1ccc(C)c(Cl)c1)C(=O)O. The highest BCUT2D eigenvalue weighted by molar-refractivity contribution is 6.31. The van der Waals surface area contributed by atoms with E-state index in [1.54, 1.807) is 31.2 Å². The molecule has 1 unspecified atom stereocenters. The van der Waals surface area contributed by atoms with E-state index in [1.807, 2.05) is 6.92 Å². The van der Waals surface area contributed by atoms with Crippen LogP contribution in [-0.2, 0) is 4.79 Å². The maximum Gasteiger partial charge on any atom is 0.326 e. The van der Waals surface area contributed by atoms with Gasteiger partial charge < -0.3 is 10.4 Å². The van der Waals surface area contributed by atoms with Crippen molar-refractivity contribution in [3.63, 3.8) is 0 Å². The van der Waals surface area contributed by atoms with Crippen LogP contribution in [0.15, 0.2) is 30.4 Å². The molecule has 19 heavy (non-hydrogen) atoms. The summed E-state index contributed by atoms with van der Waals surface area (Å²) in [5.41, 5.74) is 1.21. The van der Waals surface area contributed by atoms with Gasteiger partial charge in [-0.05, 0) is 38.0 Å². The molecular formula is C14H16ClNO3. The maximum absolute atomic E-state index is 11.9. The molecule has 1 atom stereocenters. The van der Waals surface area contributed by atoms with Crippen molar-refractivity contribution >= 4 is 23.5 Å². The Labute approximate surface area is 117 Å². The average Bonchev–Trinajstić information content (AvgIpc) is 2.37.